The van der Waals surface area contributed by atoms with Gasteiger partial charge < -0.3 is 11.1 Å². The molecule has 0 fully saturated rings. The van der Waals surface area contributed by atoms with Gasteiger partial charge in [0.15, 0.2) is 11.3 Å². The van der Waals surface area contributed by atoms with Crippen molar-refractivity contribution < 1.29 is 22.8 Å². The SMILES string of the molecule is CCn1cc(-c2cc(C(F)(F)F)nc3sc(C(N)=O)c(NC(=O)c4cc5nccc(-c6cnn(C)c6C)n5n4)c23)c(C)n1. The van der Waals surface area contributed by atoms with E-state index in [1.165, 1.54) is 10.6 Å². The highest BCUT2D eigenvalue weighted by Gasteiger charge is 2.35. The number of carbonyl (C=O) groups excluding carboxylic acids is 2. The molecule has 0 aliphatic carbocycles. The van der Waals surface area contributed by atoms with Gasteiger partial charge in [0.25, 0.3) is 11.8 Å². The summed E-state index contributed by atoms with van der Waals surface area (Å²) >= 11 is 0.661. The predicted octanol–water partition coefficient (Wildman–Crippen LogP) is 4.61. The Morgan fingerprint density at radius 3 is 2.51 bits per heavy atom. The number of alkyl halides is 3. The van der Waals surface area contributed by atoms with Gasteiger partial charge in [0.1, 0.15) is 15.4 Å². The van der Waals surface area contributed by atoms with E-state index in [4.69, 9.17) is 5.73 Å². The van der Waals surface area contributed by atoms with Crippen LogP contribution in [0.2, 0.25) is 0 Å². The molecule has 0 aliphatic heterocycles. The van der Waals surface area contributed by atoms with Gasteiger partial charge in [-0.25, -0.2) is 14.5 Å². The van der Waals surface area contributed by atoms with Gasteiger partial charge in [0, 0.05) is 54.3 Å². The minimum Gasteiger partial charge on any atom is -0.365 e. The number of aryl methyl sites for hydroxylation is 3. The number of halogens is 3. The minimum atomic E-state index is -4.77. The normalized spacial score (nSPS) is 12.0. The Morgan fingerprint density at radius 2 is 1.88 bits per heavy atom. The minimum absolute atomic E-state index is 0.0485. The summed E-state index contributed by atoms with van der Waals surface area (Å²) in [4.78, 5) is 33.9. The Hall–Kier alpha value is -5.12. The number of pyridine rings is 1. The van der Waals surface area contributed by atoms with E-state index in [1.807, 2.05) is 13.8 Å². The first-order chi connectivity index (χ1) is 20.4. The van der Waals surface area contributed by atoms with Gasteiger partial charge in [0.2, 0.25) is 0 Å². The molecule has 0 radical (unpaired) electrons. The third-order valence-corrected chi connectivity index (χ3v) is 8.18. The zero-order chi connectivity index (χ0) is 30.8. The number of carbonyl (C=O) groups is 2. The van der Waals surface area contributed by atoms with E-state index in [-0.39, 0.29) is 32.0 Å². The maximum Gasteiger partial charge on any atom is 0.433 e. The summed E-state index contributed by atoms with van der Waals surface area (Å²) in [6, 6.07) is 4.08. The zero-order valence-corrected chi connectivity index (χ0v) is 24.0. The molecule has 6 heterocycles. The maximum atomic E-state index is 13.9. The smallest absolute Gasteiger partial charge is 0.365 e. The first-order valence-corrected chi connectivity index (χ1v) is 13.7. The van der Waals surface area contributed by atoms with Gasteiger partial charge in [-0.05, 0) is 38.5 Å². The van der Waals surface area contributed by atoms with Crippen molar-refractivity contribution in [3.63, 3.8) is 0 Å². The molecule has 0 saturated heterocycles. The number of primary amides is 1. The summed E-state index contributed by atoms with van der Waals surface area (Å²) in [6.07, 6.45) is 0.0839. The molecule has 0 aromatic carbocycles. The second-order valence-electron chi connectivity index (χ2n) is 9.74. The monoisotopic (exact) mass is 608 g/mol. The van der Waals surface area contributed by atoms with E-state index < -0.39 is 23.7 Å². The quantitative estimate of drug-likeness (QED) is 0.280. The van der Waals surface area contributed by atoms with Crippen LogP contribution in [0.25, 0.3) is 38.2 Å². The molecular weight excluding hydrogens is 585 g/mol. The number of amides is 2. The van der Waals surface area contributed by atoms with Crippen LogP contribution in [-0.4, -0.2) is 51.0 Å². The summed E-state index contributed by atoms with van der Waals surface area (Å²) in [5, 5.41) is 15.9. The Bertz CT molecular complexity index is 2090. The second kappa shape index (κ2) is 10.0. The number of aromatic nitrogens is 8. The molecule has 0 aliphatic rings. The van der Waals surface area contributed by atoms with Gasteiger partial charge in [0.05, 0.1) is 23.3 Å². The van der Waals surface area contributed by atoms with E-state index in [0.717, 1.165) is 17.3 Å². The van der Waals surface area contributed by atoms with Crippen molar-refractivity contribution in [2.24, 2.45) is 12.8 Å². The average molecular weight is 609 g/mol. The molecular formula is C27H23F3N10O2S. The molecule has 0 spiro atoms. The molecule has 43 heavy (non-hydrogen) atoms. The van der Waals surface area contributed by atoms with Crippen LogP contribution >= 0.6 is 11.3 Å². The Morgan fingerprint density at radius 1 is 1.12 bits per heavy atom. The molecule has 0 atom stereocenters. The lowest BCUT2D eigenvalue weighted by Gasteiger charge is -2.11. The maximum absolute atomic E-state index is 13.9. The topological polar surface area (TPSA) is 151 Å². The summed E-state index contributed by atoms with van der Waals surface area (Å²) in [6.45, 7) is 5.86. The van der Waals surface area contributed by atoms with E-state index in [0.29, 0.717) is 40.5 Å². The number of fused-ring (bicyclic) bond motifs is 2. The molecule has 12 nitrogen and oxygen atoms in total. The van der Waals surface area contributed by atoms with E-state index in [2.05, 4.69) is 30.6 Å². The average Bonchev–Trinajstić information content (AvgIpc) is 3.72. The van der Waals surface area contributed by atoms with Crippen LogP contribution < -0.4 is 11.1 Å². The number of anilines is 1. The number of hydrogen-bond donors (Lipinski definition) is 2. The van der Waals surface area contributed by atoms with Gasteiger partial charge in [-0.15, -0.1) is 11.3 Å². The van der Waals surface area contributed by atoms with Gasteiger partial charge >= 0.3 is 6.18 Å². The van der Waals surface area contributed by atoms with Gasteiger partial charge in [-0.3, -0.25) is 19.0 Å². The van der Waals surface area contributed by atoms with Crippen molar-refractivity contribution in [3.05, 3.63) is 64.4 Å². The van der Waals surface area contributed by atoms with Crippen molar-refractivity contribution in [2.75, 3.05) is 5.32 Å². The van der Waals surface area contributed by atoms with Crippen molar-refractivity contribution >= 4 is 44.7 Å². The number of thiophene rings is 1. The lowest BCUT2D eigenvalue weighted by atomic mass is 10.0. The molecule has 220 valence electrons. The number of nitrogens with two attached hydrogens (primary N) is 1. The van der Waals surface area contributed by atoms with E-state index >= 15 is 0 Å². The molecule has 6 aromatic rings. The van der Waals surface area contributed by atoms with Crippen molar-refractivity contribution in [2.45, 2.75) is 33.5 Å². The Balaban J connectivity index is 1.51. The fourth-order valence-electron chi connectivity index (χ4n) is 4.83. The van der Waals surface area contributed by atoms with Crippen molar-refractivity contribution in [3.8, 4) is 22.4 Å². The van der Waals surface area contributed by atoms with Crippen LogP contribution in [0.5, 0.6) is 0 Å². The summed E-state index contributed by atoms with van der Waals surface area (Å²) in [7, 11) is 1.80. The van der Waals surface area contributed by atoms with Gasteiger partial charge in [-0.1, -0.05) is 0 Å². The number of hydrogen-bond acceptors (Lipinski definition) is 8. The Kier molecular flexibility index (Phi) is 6.52. The molecule has 2 amide bonds. The summed E-state index contributed by atoms with van der Waals surface area (Å²) in [5.41, 5.74) is 7.97. The fraction of sp³-hybridized carbons (Fsp3) is 0.222. The summed E-state index contributed by atoms with van der Waals surface area (Å²) < 4.78 is 46.5. The predicted molar refractivity (Wildman–Crippen MR) is 153 cm³/mol. The van der Waals surface area contributed by atoms with Crippen LogP contribution in [0, 0.1) is 13.8 Å². The first kappa shape index (κ1) is 28.0. The fourth-order valence-corrected chi connectivity index (χ4v) is 5.84. The standard InChI is InChI=1S/C27H23F3N10O2S/c1-5-39-11-16(12(2)36-39)14-8-19(27(28,29)30)34-26-21(14)22(23(43-26)24(31)41)35-25(42)17-9-20-32-7-6-18(40(20)37-17)15-10-33-38(4)13(15)3/h6-11H,5H2,1-4H3,(H2,31,41)(H,35,42). The largest absolute Gasteiger partial charge is 0.433 e. The molecule has 3 N–H and O–H groups in total. The van der Waals surface area contributed by atoms with Crippen LogP contribution in [0.15, 0.2) is 36.8 Å². The molecule has 0 unspecified atom stereocenters. The van der Waals surface area contributed by atoms with Crippen LogP contribution in [0.3, 0.4) is 0 Å². The molecule has 6 aromatic heterocycles. The number of nitrogens with one attached hydrogen (secondary N) is 1. The van der Waals surface area contributed by atoms with Crippen LogP contribution in [0.4, 0.5) is 18.9 Å². The van der Waals surface area contributed by atoms with Crippen LogP contribution in [-0.2, 0) is 19.8 Å². The van der Waals surface area contributed by atoms with Crippen molar-refractivity contribution in [1.82, 2.24) is 39.1 Å². The lowest BCUT2D eigenvalue weighted by Crippen LogP contribution is -2.17. The zero-order valence-electron chi connectivity index (χ0n) is 23.2. The summed E-state index contributed by atoms with van der Waals surface area (Å²) in [5.74, 6) is -1.67. The number of rotatable bonds is 6. The number of nitrogens with zero attached hydrogens (tertiary/aromatic N) is 8. The lowest BCUT2D eigenvalue weighted by molar-refractivity contribution is -0.140. The van der Waals surface area contributed by atoms with E-state index in [1.54, 1.807) is 48.0 Å². The molecule has 16 heteroatoms. The second-order valence-corrected chi connectivity index (χ2v) is 10.7. The van der Waals surface area contributed by atoms with Crippen LogP contribution in [0.1, 0.15) is 44.2 Å². The molecule has 0 bridgehead atoms. The Labute approximate surface area is 245 Å². The highest BCUT2D eigenvalue weighted by atomic mass is 32.1. The first-order valence-electron chi connectivity index (χ1n) is 12.9. The molecule has 0 saturated carbocycles. The third-order valence-electron chi connectivity index (χ3n) is 7.08. The van der Waals surface area contributed by atoms with Gasteiger partial charge in [-0.2, -0.15) is 28.5 Å². The highest BCUT2D eigenvalue weighted by Crippen LogP contribution is 2.44. The molecule has 6 rings (SSSR count). The third kappa shape index (κ3) is 4.68. The van der Waals surface area contributed by atoms with E-state index in [9.17, 15) is 22.8 Å². The van der Waals surface area contributed by atoms with Crippen molar-refractivity contribution in [1.29, 1.82) is 0 Å². The highest BCUT2D eigenvalue weighted by molar-refractivity contribution is 7.21.